The maximum Gasteiger partial charge on any atom is 0.112 e. The van der Waals surface area contributed by atoms with E-state index < -0.39 is 8.37 Å². The molecule has 0 aromatic carbocycles. The van der Waals surface area contributed by atoms with Crippen molar-refractivity contribution in [3.05, 3.63) is 0 Å². The van der Waals surface area contributed by atoms with Gasteiger partial charge in [0.05, 0.1) is 0 Å². The van der Waals surface area contributed by atoms with Crippen LogP contribution in [-0.2, 0) is 0 Å². The van der Waals surface area contributed by atoms with E-state index in [1.807, 2.05) is 0 Å². The molecule has 0 saturated heterocycles. The summed E-state index contributed by atoms with van der Waals surface area (Å²) >= 11 is 0. The topological polar surface area (TPSA) is 72.2 Å². The number of rotatable bonds is 18. The third-order valence-electron chi connectivity index (χ3n) is 4.73. The quantitative estimate of drug-likeness (QED) is 0.192. The van der Waals surface area contributed by atoms with Gasteiger partial charge in [-0.1, -0.05) is 62.3 Å². The van der Waals surface area contributed by atoms with Crippen LogP contribution in [0.25, 0.3) is 0 Å². The van der Waals surface area contributed by atoms with E-state index in [0.29, 0.717) is 36.3 Å². The summed E-state index contributed by atoms with van der Waals surface area (Å²) in [6.07, 6.45) is 3.35. The van der Waals surface area contributed by atoms with Crippen LogP contribution >= 0.6 is 8.37 Å². The van der Waals surface area contributed by atoms with Crippen LogP contribution in [0.15, 0.2) is 0 Å². The van der Waals surface area contributed by atoms with Crippen molar-refractivity contribution in [2.24, 2.45) is 0 Å². The highest BCUT2D eigenvalue weighted by molar-refractivity contribution is 7.51. The minimum absolute atomic E-state index is 0.458. The molecule has 0 aliphatic carbocycles. The van der Waals surface area contributed by atoms with E-state index in [-0.39, 0.29) is 0 Å². The first-order valence-corrected chi connectivity index (χ1v) is 12.8. The fourth-order valence-corrected chi connectivity index (χ4v) is 4.78. The zero-order chi connectivity index (χ0) is 21.5. The predicted molar refractivity (Wildman–Crippen MR) is 128 cm³/mol. The SMILES string of the molecule is CCC(CNC(C)C)NP(NC(CC)CNC(C)C)NC(CC)CNC(C)C. The molecular weight excluding hydrogens is 367 g/mol. The highest BCUT2D eigenvalue weighted by atomic mass is 31.1. The number of hydrogen-bond acceptors (Lipinski definition) is 6. The first-order valence-electron chi connectivity index (χ1n) is 11.5. The van der Waals surface area contributed by atoms with Crippen molar-refractivity contribution in [3.8, 4) is 0 Å². The Bertz CT molecular complexity index is 301. The van der Waals surface area contributed by atoms with Gasteiger partial charge in [0.25, 0.3) is 0 Å². The molecule has 0 aromatic heterocycles. The van der Waals surface area contributed by atoms with Gasteiger partial charge in [0.1, 0.15) is 8.37 Å². The molecule has 0 amide bonds. The first kappa shape index (κ1) is 28.2. The first-order chi connectivity index (χ1) is 13.2. The van der Waals surface area contributed by atoms with Gasteiger partial charge in [-0.3, -0.25) is 15.3 Å². The van der Waals surface area contributed by atoms with Gasteiger partial charge in [0.2, 0.25) is 0 Å². The Hall–Kier alpha value is 0.190. The molecular formula is C21H51N6P. The summed E-state index contributed by atoms with van der Waals surface area (Å²) in [7, 11) is -0.659. The number of hydrogen-bond donors (Lipinski definition) is 6. The Kier molecular flexibility index (Phi) is 17.0. The third-order valence-corrected chi connectivity index (χ3v) is 6.60. The largest absolute Gasteiger partial charge is 0.313 e. The number of nitrogens with one attached hydrogen (secondary N) is 6. The van der Waals surface area contributed by atoms with Crippen LogP contribution in [0.1, 0.15) is 81.6 Å². The fraction of sp³-hybridized carbons (Fsp3) is 1.00. The molecule has 0 rings (SSSR count). The smallest absolute Gasteiger partial charge is 0.112 e. The maximum absolute atomic E-state index is 3.89. The van der Waals surface area contributed by atoms with Crippen LogP contribution in [-0.4, -0.2) is 55.9 Å². The Morgan fingerprint density at radius 3 is 0.929 bits per heavy atom. The molecule has 0 radical (unpaired) electrons. The van der Waals surface area contributed by atoms with Gasteiger partial charge < -0.3 is 16.0 Å². The van der Waals surface area contributed by atoms with Gasteiger partial charge in [-0.15, -0.1) is 0 Å². The lowest BCUT2D eigenvalue weighted by molar-refractivity contribution is 0.464. The van der Waals surface area contributed by atoms with Crippen LogP contribution in [0, 0.1) is 0 Å². The lowest BCUT2D eigenvalue weighted by Crippen LogP contribution is -2.49. The molecule has 28 heavy (non-hydrogen) atoms. The molecule has 0 aliphatic heterocycles. The van der Waals surface area contributed by atoms with Crippen molar-refractivity contribution in [2.45, 2.75) is 118 Å². The second-order valence-corrected chi connectivity index (χ2v) is 10.2. The van der Waals surface area contributed by atoms with Crippen LogP contribution < -0.4 is 31.2 Å². The lowest BCUT2D eigenvalue weighted by atomic mass is 10.2. The van der Waals surface area contributed by atoms with Crippen molar-refractivity contribution >= 4 is 8.37 Å². The van der Waals surface area contributed by atoms with Crippen molar-refractivity contribution in [1.82, 2.24) is 31.2 Å². The van der Waals surface area contributed by atoms with Crippen molar-refractivity contribution in [3.63, 3.8) is 0 Å². The van der Waals surface area contributed by atoms with E-state index in [4.69, 9.17) is 0 Å². The molecule has 170 valence electrons. The zero-order valence-corrected chi connectivity index (χ0v) is 21.0. The minimum atomic E-state index is -0.659. The molecule has 0 aromatic rings. The van der Waals surface area contributed by atoms with E-state index in [2.05, 4.69) is 93.5 Å². The molecule has 3 atom stereocenters. The monoisotopic (exact) mass is 418 g/mol. The summed E-state index contributed by atoms with van der Waals surface area (Å²) in [5, 5.41) is 22.4. The summed E-state index contributed by atoms with van der Waals surface area (Å²) in [4.78, 5) is 0. The third kappa shape index (κ3) is 15.1. The molecule has 6 nitrogen and oxygen atoms in total. The summed E-state index contributed by atoms with van der Waals surface area (Å²) in [5.41, 5.74) is 0. The van der Waals surface area contributed by atoms with Crippen molar-refractivity contribution < 1.29 is 0 Å². The Morgan fingerprint density at radius 1 is 0.500 bits per heavy atom. The van der Waals surface area contributed by atoms with E-state index in [1.54, 1.807) is 0 Å². The molecule has 0 aliphatic rings. The van der Waals surface area contributed by atoms with Gasteiger partial charge in [-0.2, -0.15) is 0 Å². The van der Waals surface area contributed by atoms with E-state index in [1.165, 1.54) is 0 Å². The van der Waals surface area contributed by atoms with Crippen LogP contribution in [0.4, 0.5) is 0 Å². The average Bonchev–Trinajstić information content (AvgIpc) is 2.64. The summed E-state index contributed by atoms with van der Waals surface area (Å²) < 4.78 is 0. The van der Waals surface area contributed by atoms with Crippen molar-refractivity contribution in [1.29, 1.82) is 0 Å². The Labute approximate surface area is 177 Å². The minimum Gasteiger partial charge on any atom is -0.313 e. The zero-order valence-electron chi connectivity index (χ0n) is 20.2. The highest BCUT2D eigenvalue weighted by Gasteiger charge is 2.21. The molecule has 0 fully saturated rings. The molecule has 6 N–H and O–H groups in total. The van der Waals surface area contributed by atoms with Gasteiger partial charge in [-0.25, -0.2) is 0 Å². The van der Waals surface area contributed by atoms with E-state index >= 15 is 0 Å². The maximum atomic E-state index is 3.89. The van der Waals surface area contributed by atoms with Crippen LogP contribution in [0.3, 0.4) is 0 Å². The fourth-order valence-electron chi connectivity index (χ4n) is 2.64. The summed E-state index contributed by atoms with van der Waals surface area (Å²) in [6.45, 7) is 23.1. The second kappa shape index (κ2) is 16.9. The van der Waals surface area contributed by atoms with Crippen LogP contribution in [0.5, 0.6) is 0 Å². The van der Waals surface area contributed by atoms with Gasteiger partial charge >= 0.3 is 0 Å². The van der Waals surface area contributed by atoms with Crippen molar-refractivity contribution in [2.75, 3.05) is 19.6 Å². The summed E-state index contributed by atoms with van der Waals surface area (Å²) in [5.74, 6) is 0. The second-order valence-electron chi connectivity index (χ2n) is 8.73. The average molecular weight is 419 g/mol. The highest BCUT2D eigenvalue weighted by Crippen LogP contribution is 2.24. The molecule has 0 heterocycles. The van der Waals surface area contributed by atoms with Gasteiger partial charge in [0, 0.05) is 55.9 Å². The lowest BCUT2D eigenvalue weighted by Gasteiger charge is -2.33. The normalized spacial score (nSPS) is 16.7. The Morgan fingerprint density at radius 2 is 0.750 bits per heavy atom. The molecule has 0 bridgehead atoms. The molecule has 0 saturated carbocycles. The van der Waals surface area contributed by atoms with Gasteiger partial charge in [-0.05, 0) is 19.3 Å². The van der Waals surface area contributed by atoms with Gasteiger partial charge in [0.15, 0.2) is 0 Å². The van der Waals surface area contributed by atoms with Crippen LogP contribution in [0.2, 0.25) is 0 Å². The summed E-state index contributed by atoms with van der Waals surface area (Å²) in [6, 6.07) is 2.92. The standard InChI is InChI=1S/C21H51N6P/c1-10-19(13-22-16(4)5)25-28(26-20(11-2)14-23-17(6)7)27-21(12-3)15-24-18(8)9/h16-27H,10-15H2,1-9H3. The Balaban J connectivity index is 4.99. The molecule has 7 heteroatoms. The van der Waals surface area contributed by atoms with E-state index in [9.17, 15) is 0 Å². The molecule has 3 unspecified atom stereocenters. The molecule has 0 spiro atoms. The van der Waals surface area contributed by atoms with E-state index in [0.717, 1.165) is 38.9 Å². The predicted octanol–water partition coefficient (Wildman–Crippen LogP) is 3.31.